The number of aromatic amines is 1. The lowest BCUT2D eigenvalue weighted by Crippen LogP contribution is -2.34. The largest absolute Gasteiger partial charge is 0.396 e. The molecule has 1 aromatic rings. The molecule has 0 aromatic carbocycles. The van der Waals surface area contributed by atoms with Gasteiger partial charge in [-0.25, -0.2) is 0 Å². The van der Waals surface area contributed by atoms with E-state index in [-0.39, 0.29) is 12.5 Å². The third kappa shape index (κ3) is 3.15. The van der Waals surface area contributed by atoms with Gasteiger partial charge in [-0.2, -0.15) is 5.10 Å². The molecule has 19 heavy (non-hydrogen) atoms. The zero-order chi connectivity index (χ0) is 13.7. The van der Waals surface area contributed by atoms with E-state index in [1.807, 2.05) is 4.90 Å². The summed E-state index contributed by atoms with van der Waals surface area (Å²) in [5.74, 6) is 0.0151. The Morgan fingerprint density at radius 2 is 2.16 bits per heavy atom. The first-order chi connectivity index (χ1) is 9.27. The summed E-state index contributed by atoms with van der Waals surface area (Å²) in [6.07, 6.45) is 5.73. The van der Waals surface area contributed by atoms with Gasteiger partial charge < -0.3 is 10.0 Å². The molecule has 106 valence electrons. The molecule has 0 spiro atoms. The summed E-state index contributed by atoms with van der Waals surface area (Å²) in [4.78, 5) is 14.4. The number of fused-ring (bicyclic) bond motifs is 1. The average Bonchev–Trinajstić information content (AvgIpc) is 3.00. The van der Waals surface area contributed by atoms with Crippen molar-refractivity contribution < 1.29 is 9.90 Å². The van der Waals surface area contributed by atoms with E-state index in [1.54, 1.807) is 0 Å². The monoisotopic (exact) mass is 265 g/mol. The van der Waals surface area contributed by atoms with E-state index < -0.39 is 0 Å². The lowest BCUT2D eigenvalue weighted by atomic mass is 10.1. The van der Waals surface area contributed by atoms with Crippen LogP contribution in [0.2, 0.25) is 0 Å². The number of aliphatic hydroxyl groups excluding tert-OH is 1. The highest BCUT2D eigenvalue weighted by atomic mass is 16.3. The van der Waals surface area contributed by atoms with Crippen LogP contribution in [-0.2, 0) is 12.8 Å². The number of H-pyrrole nitrogens is 1. The predicted molar refractivity (Wildman–Crippen MR) is 73.1 cm³/mol. The Kier molecular flexibility index (Phi) is 4.96. The topological polar surface area (TPSA) is 69.2 Å². The number of nitrogens with one attached hydrogen (secondary N) is 1. The van der Waals surface area contributed by atoms with Gasteiger partial charge in [0.05, 0.1) is 0 Å². The molecule has 5 nitrogen and oxygen atoms in total. The molecule has 0 bridgehead atoms. The fourth-order valence-corrected chi connectivity index (χ4v) is 2.57. The van der Waals surface area contributed by atoms with Crippen molar-refractivity contribution in [2.45, 2.75) is 45.4 Å². The van der Waals surface area contributed by atoms with Crippen LogP contribution in [-0.4, -0.2) is 45.8 Å². The van der Waals surface area contributed by atoms with E-state index >= 15 is 0 Å². The molecule has 0 fully saturated rings. The van der Waals surface area contributed by atoms with Gasteiger partial charge in [0, 0.05) is 31.0 Å². The van der Waals surface area contributed by atoms with Gasteiger partial charge >= 0.3 is 0 Å². The highest BCUT2D eigenvalue weighted by Crippen LogP contribution is 2.23. The molecule has 1 aromatic heterocycles. The van der Waals surface area contributed by atoms with Gasteiger partial charge in [-0.15, -0.1) is 0 Å². The van der Waals surface area contributed by atoms with Crippen molar-refractivity contribution in [2.24, 2.45) is 0 Å². The smallest absolute Gasteiger partial charge is 0.274 e. The van der Waals surface area contributed by atoms with Crippen LogP contribution in [0.3, 0.4) is 0 Å². The van der Waals surface area contributed by atoms with Gasteiger partial charge in [-0.1, -0.05) is 13.3 Å². The number of aryl methyl sites for hydroxylation is 1. The Hall–Kier alpha value is -1.36. The lowest BCUT2D eigenvalue weighted by molar-refractivity contribution is 0.0735. The first-order valence-corrected chi connectivity index (χ1v) is 7.24. The van der Waals surface area contributed by atoms with Crippen molar-refractivity contribution in [1.82, 2.24) is 15.1 Å². The van der Waals surface area contributed by atoms with E-state index in [2.05, 4.69) is 17.1 Å². The number of rotatable bonds is 7. The highest BCUT2D eigenvalue weighted by molar-refractivity contribution is 5.94. The minimum Gasteiger partial charge on any atom is -0.396 e. The lowest BCUT2D eigenvalue weighted by Gasteiger charge is -2.21. The van der Waals surface area contributed by atoms with Crippen LogP contribution in [0.5, 0.6) is 0 Å². The molecule has 2 rings (SSSR count). The second-order valence-electron chi connectivity index (χ2n) is 5.11. The number of aliphatic hydroxyl groups is 1. The van der Waals surface area contributed by atoms with Gasteiger partial charge in [0.15, 0.2) is 5.69 Å². The third-order valence-corrected chi connectivity index (χ3v) is 3.66. The van der Waals surface area contributed by atoms with Gasteiger partial charge in [-0.05, 0) is 32.1 Å². The fourth-order valence-electron chi connectivity index (χ4n) is 2.57. The molecule has 0 aliphatic heterocycles. The van der Waals surface area contributed by atoms with Crippen molar-refractivity contribution in [3.63, 3.8) is 0 Å². The predicted octanol–water partition coefficient (Wildman–Crippen LogP) is 1.52. The van der Waals surface area contributed by atoms with Crippen LogP contribution in [0.4, 0.5) is 0 Å². The summed E-state index contributed by atoms with van der Waals surface area (Å²) >= 11 is 0. The van der Waals surface area contributed by atoms with Crippen molar-refractivity contribution >= 4 is 5.91 Å². The van der Waals surface area contributed by atoms with E-state index in [0.29, 0.717) is 18.7 Å². The van der Waals surface area contributed by atoms with Crippen molar-refractivity contribution in [3.05, 3.63) is 17.0 Å². The Morgan fingerprint density at radius 3 is 2.89 bits per heavy atom. The maximum absolute atomic E-state index is 12.5. The standard InChI is InChI=1S/C14H23N3O2/c1-2-3-8-17(9-5-10-18)14(19)13-11-6-4-7-12(11)15-16-13/h18H,2-10H2,1H3,(H,15,16). The summed E-state index contributed by atoms with van der Waals surface area (Å²) in [7, 11) is 0. The number of unbranched alkanes of at least 4 members (excludes halogenated alkanes) is 1. The van der Waals surface area contributed by atoms with Crippen LogP contribution < -0.4 is 0 Å². The zero-order valence-electron chi connectivity index (χ0n) is 11.6. The SMILES string of the molecule is CCCCN(CCCO)C(=O)c1n[nH]c2c1CCC2. The molecule has 1 amide bonds. The quantitative estimate of drug-likeness (QED) is 0.785. The molecule has 2 N–H and O–H groups in total. The van der Waals surface area contributed by atoms with Gasteiger partial charge in [0.2, 0.25) is 0 Å². The summed E-state index contributed by atoms with van der Waals surface area (Å²) in [6, 6.07) is 0. The summed E-state index contributed by atoms with van der Waals surface area (Å²) in [6.45, 7) is 3.59. The molecule has 0 atom stereocenters. The molecule has 5 heteroatoms. The minimum atomic E-state index is 0.0151. The molecular formula is C14H23N3O2. The van der Waals surface area contributed by atoms with Gasteiger partial charge in [-0.3, -0.25) is 9.89 Å². The Labute approximate surface area is 114 Å². The third-order valence-electron chi connectivity index (χ3n) is 3.66. The number of carbonyl (C=O) groups excluding carboxylic acids is 1. The maximum atomic E-state index is 12.5. The fraction of sp³-hybridized carbons (Fsp3) is 0.714. The second kappa shape index (κ2) is 6.70. The number of nitrogens with zero attached hydrogens (tertiary/aromatic N) is 2. The molecule has 0 unspecified atom stereocenters. The van der Waals surface area contributed by atoms with E-state index in [0.717, 1.165) is 49.9 Å². The van der Waals surface area contributed by atoms with Crippen LogP contribution in [0.15, 0.2) is 0 Å². The van der Waals surface area contributed by atoms with Gasteiger partial charge in [0.25, 0.3) is 5.91 Å². The zero-order valence-corrected chi connectivity index (χ0v) is 11.6. The molecule has 0 saturated heterocycles. The first-order valence-electron chi connectivity index (χ1n) is 7.24. The normalized spacial score (nSPS) is 13.6. The van der Waals surface area contributed by atoms with Crippen molar-refractivity contribution in [2.75, 3.05) is 19.7 Å². The number of hydrogen-bond donors (Lipinski definition) is 2. The van der Waals surface area contributed by atoms with Crippen LogP contribution >= 0.6 is 0 Å². The summed E-state index contributed by atoms with van der Waals surface area (Å²) < 4.78 is 0. The van der Waals surface area contributed by atoms with E-state index in [4.69, 9.17) is 5.11 Å². The Bertz CT molecular complexity index is 420. The molecular weight excluding hydrogens is 242 g/mol. The van der Waals surface area contributed by atoms with Gasteiger partial charge in [0.1, 0.15) is 0 Å². The summed E-state index contributed by atoms with van der Waals surface area (Å²) in [5.41, 5.74) is 2.83. The van der Waals surface area contributed by atoms with E-state index in [1.165, 1.54) is 0 Å². The second-order valence-corrected chi connectivity index (χ2v) is 5.11. The molecule has 1 heterocycles. The highest BCUT2D eigenvalue weighted by Gasteiger charge is 2.26. The number of amides is 1. The van der Waals surface area contributed by atoms with Crippen molar-refractivity contribution in [3.8, 4) is 0 Å². The molecule has 1 aliphatic carbocycles. The Morgan fingerprint density at radius 1 is 1.37 bits per heavy atom. The maximum Gasteiger partial charge on any atom is 0.274 e. The van der Waals surface area contributed by atoms with E-state index in [9.17, 15) is 4.79 Å². The number of aromatic nitrogens is 2. The molecule has 0 radical (unpaired) electrons. The summed E-state index contributed by atoms with van der Waals surface area (Å²) in [5, 5.41) is 16.1. The molecule has 1 aliphatic rings. The van der Waals surface area contributed by atoms with Crippen LogP contribution in [0.1, 0.15) is 54.4 Å². The Balaban J connectivity index is 2.08. The van der Waals surface area contributed by atoms with Crippen molar-refractivity contribution in [1.29, 1.82) is 0 Å². The number of hydrogen-bond acceptors (Lipinski definition) is 3. The first kappa shape index (κ1) is 14.1. The van der Waals surface area contributed by atoms with Crippen LogP contribution in [0, 0.1) is 0 Å². The molecule has 0 saturated carbocycles. The van der Waals surface area contributed by atoms with Crippen LogP contribution in [0.25, 0.3) is 0 Å². The number of carbonyl (C=O) groups is 1. The minimum absolute atomic E-state index is 0.0151. The average molecular weight is 265 g/mol.